The van der Waals surface area contributed by atoms with Crippen molar-refractivity contribution in [3.8, 4) is 11.6 Å². The second kappa shape index (κ2) is 8.35. The van der Waals surface area contributed by atoms with Gasteiger partial charge in [0.2, 0.25) is 0 Å². The highest BCUT2D eigenvalue weighted by Crippen LogP contribution is 2.33. The molecule has 0 radical (unpaired) electrons. The highest BCUT2D eigenvalue weighted by molar-refractivity contribution is 5.83. The lowest BCUT2D eigenvalue weighted by Crippen LogP contribution is -2.39. The third kappa shape index (κ3) is 3.53. The first-order valence-electron chi connectivity index (χ1n) is 11.5. The smallest absolute Gasteiger partial charge is 0.278 e. The van der Waals surface area contributed by atoms with Crippen molar-refractivity contribution in [1.29, 1.82) is 0 Å². The number of para-hydroxylation sites is 1. The summed E-state index contributed by atoms with van der Waals surface area (Å²) in [5.41, 5.74) is 1.17. The van der Waals surface area contributed by atoms with Crippen molar-refractivity contribution in [3.05, 3.63) is 46.5 Å². The molecule has 0 bridgehead atoms. The zero-order chi connectivity index (χ0) is 22.4. The molecule has 1 saturated carbocycles. The second-order valence-corrected chi connectivity index (χ2v) is 8.77. The molecule has 9 nitrogen and oxygen atoms in total. The average Bonchev–Trinajstić information content (AvgIpc) is 3.60. The number of hydrogen-bond donors (Lipinski definition) is 0. The summed E-state index contributed by atoms with van der Waals surface area (Å²) in [5, 5.41) is 4.16. The minimum atomic E-state index is -0.440. The monoisotopic (exact) mass is 452 g/mol. The Morgan fingerprint density at radius 2 is 1.91 bits per heavy atom. The molecule has 3 aromatic heterocycles. The number of fused-ring (bicyclic) bond motifs is 3. The van der Waals surface area contributed by atoms with Crippen molar-refractivity contribution in [2.45, 2.75) is 38.1 Å². The van der Waals surface area contributed by atoms with Gasteiger partial charge >= 0.3 is 0 Å². The maximum atomic E-state index is 15.0. The quantitative estimate of drug-likeness (QED) is 0.460. The van der Waals surface area contributed by atoms with Crippen molar-refractivity contribution in [1.82, 2.24) is 29.0 Å². The van der Waals surface area contributed by atoms with Crippen molar-refractivity contribution in [2.24, 2.45) is 0 Å². The van der Waals surface area contributed by atoms with Gasteiger partial charge in [-0.3, -0.25) is 14.1 Å². The number of ether oxygens (including phenoxy) is 1. The normalized spacial score (nSPS) is 18.1. The van der Waals surface area contributed by atoms with E-state index in [2.05, 4.69) is 20.0 Å². The van der Waals surface area contributed by atoms with E-state index >= 15 is 0 Å². The highest BCUT2D eigenvalue weighted by atomic mass is 19.1. The largest absolute Gasteiger partial charge is 0.379 e. The molecule has 33 heavy (non-hydrogen) atoms. The van der Waals surface area contributed by atoms with Crippen LogP contribution in [0.25, 0.3) is 28.1 Å². The summed E-state index contributed by atoms with van der Waals surface area (Å²) in [6, 6.07) is 4.81. The minimum absolute atomic E-state index is 0.229. The molecule has 1 saturated heterocycles. The van der Waals surface area contributed by atoms with E-state index in [0.717, 1.165) is 38.8 Å². The van der Waals surface area contributed by atoms with Gasteiger partial charge in [0.15, 0.2) is 11.5 Å². The summed E-state index contributed by atoms with van der Waals surface area (Å²) in [4.78, 5) is 24.9. The topological polar surface area (TPSA) is 90.7 Å². The van der Waals surface area contributed by atoms with Gasteiger partial charge in [-0.05, 0) is 25.0 Å². The Hall–Kier alpha value is -3.11. The van der Waals surface area contributed by atoms with Gasteiger partial charge in [-0.15, -0.1) is 0 Å². The first-order valence-corrected chi connectivity index (χ1v) is 11.5. The maximum Gasteiger partial charge on any atom is 0.278 e. The molecule has 4 aromatic rings. The van der Waals surface area contributed by atoms with Gasteiger partial charge in [0.05, 0.1) is 18.7 Å². The third-order valence-electron chi connectivity index (χ3n) is 6.82. The minimum Gasteiger partial charge on any atom is -0.379 e. The van der Waals surface area contributed by atoms with Crippen molar-refractivity contribution in [2.75, 3.05) is 32.8 Å². The fraction of sp³-hybridized carbons (Fsp3) is 0.478. The lowest BCUT2D eigenvalue weighted by Gasteiger charge is -2.27. The molecular formula is C23H25FN6O3. The average molecular weight is 452 g/mol. The molecule has 1 aromatic carbocycles. The molecule has 1 aliphatic carbocycles. The van der Waals surface area contributed by atoms with Crippen LogP contribution in [0.4, 0.5) is 4.39 Å². The first-order chi connectivity index (χ1) is 16.2. The van der Waals surface area contributed by atoms with Gasteiger partial charge in [-0.2, -0.15) is 4.98 Å². The Labute approximate surface area is 188 Å². The number of aromatic nitrogens is 5. The van der Waals surface area contributed by atoms with Crippen molar-refractivity contribution >= 4 is 16.6 Å². The number of nitrogens with zero attached hydrogens (tertiary/aromatic N) is 6. The van der Waals surface area contributed by atoms with Crippen LogP contribution in [0, 0.1) is 5.82 Å². The maximum absolute atomic E-state index is 15.0. The lowest BCUT2D eigenvalue weighted by atomic mass is 10.1. The van der Waals surface area contributed by atoms with Crippen molar-refractivity contribution in [3.63, 3.8) is 0 Å². The van der Waals surface area contributed by atoms with Crippen LogP contribution in [0.15, 0.2) is 33.8 Å². The lowest BCUT2D eigenvalue weighted by molar-refractivity contribution is 0.0364. The van der Waals surface area contributed by atoms with Gasteiger partial charge in [-0.1, -0.05) is 24.1 Å². The van der Waals surface area contributed by atoms with Gasteiger partial charge in [-0.25, -0.2) is 9.37 Å². The summed E-state index contributed by atoms with van der Waals surface area (Å²) in [5.74, 6) is 0.747. The molecule has 0 spiro atoms. The SMILES string of the molecule is O=c1c2c(-c3nc(C4CCCC4)no3)ncn2c2cccc(F)c2n1CCN1CCOCC1. The standard InChI is InChI=1S/C23H25FN6O3/c24-16-6-3-7-17-19(16)29(9-8-28-10-12-32-13-11-28)23(31)20-18(25-14-30(17)20)22-26-21(27-33-22)15-4-1-2-5-15/h3,6-7,14-15H,1-2,4-5,8-13H2. The molecule has 10 heteroatoms. The van der Waals surface area contributed by atoms with Crippen LogP contribution >= 0.6 is 0 Å². The molecule has 2 fully saturated rings. The van der Waals surface area contributed by atoms with Gasteiger partial charge in [0.1, 0.15) is 23.2 Å². The Balaban J connectivity index is 1.47. The van der Waals surface area contributed by atoms with E-state index in [0.29, 0.717) is 48.9 Å². The molecule has 172 valence electrons. The number of rotatable bonds is 5. The molecule has 4 heterocycles. The Morgan fingerprint density at radius 3 is 2.73 bits per heavy atom. The van der Waals surface area contributed by atoms with Crippen molar-refractivity contribution < 1.29 is 13.7 Å². The van der Waals surface area contributed by atoms with Crippen LogP contribution in [0.1, 0.15) is 37.4 Å². The van der Waals surface area contributed by atoms with E-state index in [9.17, 15) is 9.18 Å². The molecule has 1 aliphatic heterocycles. The summed E-state index contributed by atoms with van der Waals surface area (Å²) < 4.78 is 29.0. The zero-order valence-electron chi connectivity index (χ0n) is 18.2. The number of hydrogen-bond acceptors (Lipinski definition) is 7. The zero-order valence-corrected chi connectivity index (χ0v) is 18.2. The number of imidazole rings is 1. The second-order valence-electron chi connectivity index (χ2n) is 8.77. The predicted molar refractivity (Wildman–Crippen MR) is 119 cm³/mol. The number of halogens is 1. The third-order valence-corrected chi connectivity index (χ3v) is 6.82. The predicted octanol–water partition coefficient (Wildman–Crippen LogP) is 2.83. The Bertz CT molecular complexity index is 1360. The summed E-state index contributed by atoms with van der Waals surface area (Å²) in [7, 11) is 0. The van der Waals surface area contributed by atoms with Crippen LogP contribution in [-0.4, -0.2) is 61.8 Å². The molecule has 6 rings (SSSR count). The van der Waals surface area contributed by atoms with Gasteiger partial charge < -0.3 is 13.8 Å². The summed E-state index contributed by atoms with van der Waals surface area (Å²) in [6.45, 7) is 3.89. The van der Waals surface area contributed by atoms with E-state index in [4.69, 9.17) is 9.26 Å². The molecular weight excluding hydrogens is 427 g/mol. The number of benzene rings is 1. The van der Waals surface area contributed by atoms with E-state index in [1.807, 2.05) is 0 Å². The van der Waals surface area contributed by atoms with Crippen LogP contribution < -0.4 is 5.56 Å². The van der Waals surface area contributed by atoms with E-state index < -0.39 is 5.82 Å². The van der Waals surface area contributed by atoms with E-state index in [1.165, 1.54) is 17.0 Å². The molecule has 2 aliphatic rings. The van der Waals surface area contributed by atoms with Crippen LogP contribution in [0.3, 0.4) is 0 Å². The highest BCUT2D eigenvalue weighted by Gasteiger charge is 2.26. The Kier molecular flexibility index (Phi) is 5.18. The number of morpholine rings is 1. The fourth-order valence-electron chi connectivity index (χ4n) is 5.05. The molecule has 0 atom stereocenters. The van der Waals surface area contributed by atoms with Gasteiger partial charge in [0.25, 0.3) is 11.4 Å². The first kappa shape index (κ1) is 20.5. The Morgan fingerprint density at radius 1 is 1.09 bits per heavy atom. The van der Waals surface area contributed by atoms with Gasteiger partial charge in [0, 0.05) is 32.1 Å². The fourth-order valence-corrected chi connectivity index (χ4v) is 5.05. The van der Waals surface area contributed by atoms with Crippen LogP contribution in [0.2, 0.25) is 0 Å². The van der Waals surface area contributed by atoms with E-state index in [-0.39, 0.29) is 22.9 Å². The van der Waals surface area contributed by atoms with E-state index in [1.54, 1.807) is 16.5 Å². The molecule has 0 amide bonds. The molecule has 0 unspecified atom stereocenters. The summed E-state index contributed by atoms with van der Waals surface area (Å²) in [6.07, 6.45) is 5.93. The van der Waals surface area contributed by atoms with Crippen LogP contribution in [-0.2, 0) is 11.3 Å². The summed E-state index contributed by atoms with van der Waals surface area (Å²) >= 11 is 0. The molecule has 0 N–H and O–H groups in total. The van der Waals surface area contributed by atoms with Crippen LogP contribution in [0.5, 0.6) is 0 Å².